The van der Waals surface area contributed by atoms with E-state index < -0.39 is 5.82 Å². The average Bonchev–Trinajstić information content (AvgIpc) is 3.14. The van der Waals surface area contributed by atoms with Crippen molar-refractivity contribution in [1.29, 1.82) is 0 Å². The van der Waals surface area contributed by atoms with Gasteiger partial charge in [-0.25, -0.2) is 9.38 Å². The van der Waals surface area contributed by atoms with Crippen LogP contribution in [0.25, 0.3) is 6.08 Å². The zero-order valence-corrected chi connectivity index (χ0v) is 11.9. The summed E-state index contributed by atoms with van der Waals surface area (Å²) in [6, 6.07) is 11.5. The number of fused-ring (bicyclic) bond motifs is 1. The largest absolute Gasteiger partial charge is 0.454 e. The van der Waals surface area contributed by atoms with Gasteiger partial charge in [0.15, 0.2) is 11.5 Å². The van der Waals surface area contributed by atoms with Crippen molar-refractivity contribution >= 4 is 17.8 Å². The molecular weight excluding hydrogens is 299 g/mol. The lowest BCUT2D eigenvalue weighted by Gasteiger charge is -2.00. The van der Waals surface area contributed by atoms with Gasteiger partial charge >= 0.3 is 0 Å². The summed E-state index contributed by atoms with van der Waals surface area (Å²) in [5.74, 6) is 0.687. The molecule has 5 nitrogen and oxygen atoms in total. The second kappa shape index (κ2) is 5.24. The first-order valence-electron chi connectivity index (χ1n) is 6.97. The minimum absolute atomic E-state index is 0.186. The number of ether oxygens (including phenoxy) is 2. The van der Waals surface area contributed by atoms with Crippen LogP contribution >= 0.6 is 0 Å². The Morgan fingerprint density at radius 2 is 1.96 bits per heavy atom. The van der Waals surface area contributed by atoms with Crippen molar-refractivity contribution in [3.05, 3.63) is 65.1 Å². The number of carbonyl (C=O) groups excluding carboxylic acids is 1. The molecule has 0 unspecified atom stereocenters. The summed E-state index contributed by atoms with van der Waals surface area (Å²) in [5.41, 5.74) is 1.22. The van der Waals surface area contributed by atoms with Gasteiger partial charge in [0.2, 0.25) is 6.79 Å². The molecule has 4 rings (SSSR count). The summed E-state index contributed by atoms with van der Waals surface area (Å²) >= 11 is 0. The lowest BCUT2D eigenvalue weighted by atomic mass is 10.1. The van der Waals surface area contributed by atoms with Gasteiger partial charge in [-0.15, -0.1) is 0 Å². The predicted octanol–water partition coefficient (Wildman–Crippen LogP) is 2.47. The van der Waals surface area contributed by atoms with Crippen molar-refractivity contribution in [2.45, 2.75) is 0 Å². The third-order valence-electron chi connectivity index (χ3n) is 3.53. The molecule has 23 heavy (non-hydrogen) atoms. The molecule has 0 saturated carbocycles. The molecule has 114 valence electrons. The molecule has 0 fully saturated rings. The number of benzene rings is 2. The molecule has 0 atom stereocenters. The molecular formula is C17H11FN2O3. The molecule has 0 radical (unpaired) electrons. The molecule has 2 aliphatic heterocycles. The van der Waals surface area contributed by atoms with E-state index >= 15 is 0 Å². The summed E-state index contributed by atoms with van der Waals surface area (Å²) < 4.78 is 24.3. The van der Waals surface area contributed by atoms with E-state index in [1.165, 1.54) is 6.07 Å². The van der Waals surface area contributed by atoms with Crippen LogP contribution in [0.4, 0.5) is 4.39 Å². The number of halogens is 1. The molecule has 0 aromatic heterocycles. The highest BCUT2D eigenvalue weighted by molar-refractivity contribution is 6.19. The Balaban J connectivity index is 1.69. The number of aliphatic imine (C=N–C) groups is 1. The molecule has 0 bridgehead atoms. The van der Waals surface area contributed by atoms with Crippen LogP contribution in [0, 0.1) is 5.82 Å². The van der Waals surface area contributed by atoms with E-state index in [9.17, 15) is 9.18 Å². The fraction of sp³-hybridized carbons (Fsp3) is 0.0588. The summed E-state index contributed by atoms with van der Waals surface area (Å²) in [7, 11) is 0. The summed E-state index contributed by atoms with van der Waals surface area (Å²) in [6.07, 6.45) is 1.62. The van der Waals surface area contributed by atoms with Gasteiger partial charge in [0, 0.05) is 0 Å². The molecule has 2 aromatic carbocycles. The highest BCUT2D eigenvalue weighted by Crippen LogP contribution is 2.33. The lowest BCUT2D eigenvalue weighted by molar-refractivity contribution is -0.115. The van der Waals surface area contributed by atoms with Gasteiger partial charge in [0.25, 0.3) is 5.91 Å². The number of hydrogen-bond acceptors (Lipinski definition) is 4. The Bertz CT molecular complexity index is 874. The van der Waals surface area contributed by atoms with Crippen molar-refractivity contribution in [2.24, 2.45) is 4.99 Å². The van der Waals surface area contributed by atoms with Gasteiger partial charge < -0.3 is 14.8 Å². The Labute approximate surface area is 131 Å². The van der Waals surface area contributed by atoms with Gasteiger partial charge in [-0.2, -0.15) is 0 Å². The van der Waals surface area contributed by atoms with Crippen LogP contribution in [0.3, 0.4) is 0 Å². The van der Waals surface area contributed by atoms with E-state index in [0.717, 1.165) is 5.56 Å². The Morgan fingerprint density at radius 1 is 1.13 bits per heavy atom. The van der Waals surface area contributed by atoms with Crippen molar-refractivity contribution in [3.8, 4) is 11.5 Å². The molecule has 2 heterocycles. The minimum atomic E-state index is -0.434. The second-order valence-electron chi connectivity index (χ2n) is 5.04. The maximum absolute atomic E-state index is 13.8. The fourth-order valence-electron chi connectivity index (χ4n) is 2.41. The average molecular weight is 310 g/mol. The SMILES string of the molecule is O=C1NC(c2ccccc2F)=N/C1=C\c1ccc2c(c1)OCO2. The Kier molecular flexibility index (Phi) is 3.08. The van der Waals surface area contributed by atoms with Gasteiger partial charge in [-0.1, -0.05) is 18.2 Å². The smallest absolute Gasteiger partial charge is 0.275 e. The molecule has 0 aliphatic carbocycles. The van der Waals surface area contributed by atoms with Gasteiger partial charge in [0.1, 0.15) is 17.3 Å². The highest BCUT2D eigenvalue weighted by atomic mass is 19.1. The third kappa shape index (κ3) is 2.44. The predicted molar refractivity (Wildman–Crippen MR) is 81.6 cm³/mol. The number of hydrogen-bond donors (Lipinski definition) is 1. The minimum Gasteiger partial charge on any atom is -0.454 e. The standard InChI is InChI=1S/C17H11FN2O3/c18-12-4-2-1-3-11(12)16-19-13(17(21)20-16)7-10-5-6-14-15(8-10)23-9-22-14/h1-8H,9H2,(H,19,20,21)/b13-7-. The fourth-order valence-corrected chi connectivity index (χ4v) is 2.41. The number of carbonyl (C=O) groups is 1. The molecule has 0 spiro atoms. The quantitative estimate of drug-likeness (QED) is 0.867. The van der Waals surface area contributed by atoms with E-state index in [2.05, 4.69) is 10.3 Å². The zero-order valence-electron chi connectivity index (χ0n) is 11.9. The van der Waals surface area contributed by atoms with Gasteiger partial charge in [-0.3, -0.25) is 4.79 Å². The van der Waals surface area contributed by atoms with E-state index in [4.69, 9.17) is 9.47 Å². The van der Waals surface area contributed by atoms with E-state index in [0.29, 0.717) is 11.5 Å². The van der Waals surface area contributed by atoms with E-state index in [1.54, 1.807) is 42.5 Å². The van der Waals surface area contributed by atoms with Crippen LogP contribution in [-0.4, -0.2) is 18.5 Å². The second-order valence-corrected chi connectivity index (χ2v) is 5.04. The maximum Gasteiger partial charge on any atom is 0.275 e. The topological polar surface area (TPSA) is 59.9 Å². The van der Waals surface area contributed by atoms with Crippen LogP contribution in [-0.2, 0) is 4.79 Å². The monoisotopic (exact) mass is 310 g/mol. The van der Waals surface area contributed by atoms with E-state index in [1.807, 2.05) is 0 Å². The van der Waals surface area contributed by atoms with Crippen molar-refractivity contribution < 1.29 is 18.7 Å². The summed E-state index contributed by atoms with van der Waals surface area (Å²) in [4.78, 5) is 16.2. The first kappa shape index (κ1) is 13.5. The number of nitrogens with zero attached hydrogens (tertiary/aromatic N) is 1. The highest BCUT2D eigenvalue weighted by Gasteiger charge is 2.23. The number of nitrogens with one attached hydrogen (secondary N) is 1. The Morgan fingerprint density at radius 3 is 2.83 bits per heavy atom. The summed E-state index contributed by atoms with van der Waals surface area (Å²) in [5, 5.41) is 2.58. The van der Waals surface area contributed by atoms with Crippen molar-refractivity contribution in [2.75, 3.05) is 6.79 Å². The first-order chi connectivity index (χ1) is 11.2. The van der Waals surface area contributed by atoms with Crippen LogP contribution in [0.2, 0.25) is 0 Å². The summed E-state index contributed by atoms with van der Waals surface area (Å²) in [6.45, 7) is 0.186. The van der Waals surface area contributed by atoms with E-state index in [-0.39, 0.29) is 29.8 Å². The molecule has 6 heteroatoms. The molecule has 1 N–H and O–H groups in total. The maximum atomic E-state index is 13.8. The number of rotatable bonds is 2. The van der Waals surface area contributed by atoms with Crippen LogP contribution in [0.5, 0.6) is 11.5 Å². The molecule has 1 amide bonds. The van der Waals surface area contributed by atoms with Crippen molar-refractivity contribution in [1.82, 2.24) is 5.32 Å². The molecule has 2 aromatic rings. The van der Waals surface area contributed by atoms with Gasteiger partial charge in [-0.05, 0) is 35.9 Å². The number of amidine groups is 1. The zero-order chi connectivity index (χ0) is 15.8. The lowest BCUT2D eigenvalue weighted by Crippen LogP contribution is -2.25. The van der Waals surface area contributed by atoms with Crippen LogP contribution < -0.4 is 14.8 Å². The third-order valence-corrected chi connectivity index (χ3v) is 3.53. The normalized spacial score (nSPS) is 17.3. The first-order valence-corrected chi connectivity index (χ1v) is 6.97. The number of amides is 1. The molecule has 2 aliphatic rings. The Hall–Kier alpha value is -3.15. The van der Waals surface area contributed by atoms with Crippen LogP contribution in [0.1, 0.15) is 11.1 Å². The van der Waals surface area contributed by atoms with Gasteiger partial charge in [0.05, 0.1) is 5.56 Å². The van der Waals surface area contributed by atoms with Crippen LogP contribution in [0.15, 0.2) is 53.2 Å². The molecule has 0 saturated heterocycles. The van der Waals surface area contributed by atoms with Crippen molar-refractivity contribution in [3.63, 3.8) is 0 Å².